The van der Waals surface area contributed by atoms with Gasteiger partial charge in [-0.1, -0.05) is 103 Å². The molecule has 0 bridgehead atoms. The predicted molar refractivity (Wildman–Crippen MR) is 209 cm³/mol. The Morgan fingerprint density at radius 3 is 1.73 bits per heavy atom. The van der Waals surface area contributed by atoms with Crippen molar-refractivity contribution in [3.05, 3.63) is 170 Å². The Hall–Kier alpha value is -6.91. The lowest BCUT2D eigenvalue weighted by molar-refractivity contribution is 0.664. The first kappa shape index (κ1) is 28.0. The maximum absolute atomic E-state index is 6.32. The minimum Gasteiger partial charge on any atom is -0.456 e. The number of para-hydroxylation sites is 3. The zero-order valence-electron chi connectivity index (χ0n) is 27.4. The minimum atomic E-state index is 0.871. The third-order valence-electron chi connectivity index (χ3n) is 10.2. The van der Waals surface area contributed by atoms with Crippen molar-refractivity contribution in [3.8, 4) is 39.3 Å². The number of hydrogen-bond donors (Lipinski definition) is 0. The first-order valence-corrected chi connectivity index (χ1v) is 17.2. The standard InChI is InChI=1S/C47H28N2O2/c1-2-8-30(9-3-1)47-48-41-11-5-6-12-42(41)49(47)36-21-18-29(19-22-36)31-14-15-33-25-34(17-16-32(33)24-31)35-20-23-44-38(26-35)40-28-45-39(27-46(40)51-44)37-10-4-7-13-43(37)50-45/h1-28H. The SMILES string of the molecule is c1ccc(-c2nc3ccccc3n2-c2ccc(-c3ccc4cc(-c5ccc6oc7cc8c(cc7c6c5)oc5ccccc58)ccc4c3)cc2)cc1. The molecule has 8 aromatic carbocycles. The molecule has 3 heterocycles. The monoisotopic (exact) mass is 652 g/mol. The summed E-state index contributed by atoms with van der Waals surface area (Å²) in [5.41, 5.74) is 12.4. The van der Waals surface area contributed by atoms with Gasteiger partial charge in [0.1, 0.15) is 28.2 Å². The molecule has 3 aromatic heterocycles. The Labute approximate surface area is 292 Å². The van der Waals surface area contributed by atoms with Crippen molar-refractivity contribution in [2.75, 3.05) is 0 Å². The molecule has 0 aliphatic rings. The number of imidazole rings is 1. The molecule has 0 amide bonds. The van der Waals surface area contributed by atoms with Crippen molar-refractivity contribution in [2.24, 2.45) is 0 Å². The molecule has 0 aliphatic carbocycles. The van der Waals surface area contributed by atoms with E-state index in [1.54, 1.807) is 0 Å². The first-order chi connectivity index (χ1) is 25.2. The van der Waals surface area contributed by atoms with Crippen LogP contribution in [0.4, 0.5) is 0 Å². The zero-order valence-corrected chi connectivity index (χ0v) is 27.4. The molecule has 0 unspecified atom stereocenters. The molecule has 0 N–H and O–H groups in total. The summed E-state index contributed by atoms with van der Waals surface area (Å²) in [6.07, 6.45) is 0. The summed E-state index contributed by atoms with van der Waals surface area (Å²) in [7, 11) is 0. The second-order valence-electron chi connectivity index (χ2n) is 13.2. The number of fused-ring (bicyclic) bond motifs is 8. The molecule has 0 saturated heterocycles. The van der Waals surface area contributed by atoms with Crippen LogP contribution in [0.2, 0.25) is 0 Å². The lowest BCUT2D eigenvalue weighted by atomic mass is 9.97. The number of nitrogens with zero attached hydrogens (tertiary/aromatic N) is 2. The van der Waals surface area contributed by atoms with Crippen LogP contribution < -0.4 is 0 Å². The fourth-order valence-corrected chi connectivity index (χ4v) is 7.65. The number of aromatic nitrogens is 2. The van der Waals surface area contributed by atoms with E-state index < -0.39 is 0 Å². The molecule has 0 atom stereocenters. The quantitative estimate of drug-likeness (QED) is 0.190. The Kier molecular flexibility index (Phi) is 5.92. The van der Waals surface area contributed by atoms with Crippen LogP contribution >= 0.6 is 0 Å². The van der Waals surface area contributed by atoms with E-state index in [4.69, 9.17) is 13.8 Å². The number of hydrogen-bond acceptors (Lipinski definition) is 3. The van der Waals surface area contributed by atoms with Gasteiger partial charge in [-0.2, -0.15) is 0 Å². The third kappa shape index (κ3) is 4.43. The highest BCUT2D eigenvalue weighted by molar-refractivity contribution is 6.15. The molecule has 0 fully saturated rings. The van der Waals surface area contributed by atoms with Crippen LogP contribution in [-0.2, 0) is 0 Å². The smallest absolute Gasteiger partial charge is 0.145 e. The van der Waals surface area contributed by atoms with E-state index in [2.05, 4.69) is 144 Å². The second kappa shape index (κ2) is 10.8. The van der Waals surface area contributed by atoms with E-state index in [-0.39, 0.29) is 0 Å². The Morgan fingerprint density at radius 1 is 0.373 bits per heavy atom. The molecule has 11 aromatic rings. The lowest BCUT2D eigenvalue weighted by Crippen LogP contribution is -1.97. The maximum atomic E-state index is 6.32. The summed E-state index contributed by atoms with van der Waals surface area (Å²) in [6, 6.07) is 59.8. The minimum absolute atomic E-state index is 0.871. The van der Waals surface area contributed by atoms with Gasteiger partial charge < -0.3 is 8.83 Å². The van der Waals surface area contributed by atoms with Gasteiger partial charge in [-0.15, -0.1) is 0 Å². The zero-order chi connectivity index (χ0) is 33.5. The van der Waals surface area contributed by atoms with Crippen molar-refractivity contribution < 1.29 is 8.83 Å². The molecule has 4 nitrogen and oxygen atoms in total. The van der Waals surface area contributed by atoms with Crippen molar-refractivity contribution in [3.63, 3.8) is 0 Å². The molecule has 11 rings (SSSR count). The van der Waals surface area contributed by atoms with E-state index in [9.17, 15) is 0 Å². The lowest BCUT2D eigenvalue weighted by Gasteiger charge is -2.11. The maximum Gasteiger partial charge on any atom is 0.145 e. The van der Waals surface area contributed by atoms with Crippen LogP contribution in [0.3, 0.4) is 0 Å². The largest absolute Gasteiger partial charge is 0.456 e. The van der Waals surface area contributed by atoms with Gasteiger partial charge in [0.15, 0.2) is 0 Å². The van der Waals surface area contributed by atoms with Gasteiger partial charge in [0.2, 0.25) is 0 Å². The van der Waals surface area contributed by atoms with Gasteiger partial charge >= 0.3 is 0 Å². The Bertz CT molecular complexity index is 3130. The van der Waals surface area contributed by atoms with E-state index in [1.165, 1.54) is 27.5 Å². The normalized spacial score (nSPS) is 11.9. The molecule has 0 radical (unpaired) electrons. The van der Waals surface area contributed by atoms with Gasteiger partial charge in [0, 0.05) is 32.8 Å². The van der Waals surface area contributed by atoms with E-state index in [0.717, 1.165) is 77.5 Å². The number of furan rings is 2. The Morgan fingerprint density at radius 2 is 0.941 bits per heavy atom. The molecule has 0 saturated carbocycles. The molecule has 4 heteroatoms. The van der Waals surface area contributed by atoms with Gasteiger partial charge in [0.25, 0.3) is 0 Å². The third-order valence-corrected chi connectivity index (χ3v) is 10.2. The van der Waals surface area contributed by atoms with E-state index >= 15 is 0 Å². The summed E-state index contributed by atoms with van der Waals surface area (Å²) >= 11 is 0. The van der Waals surface area contributed by atoms with Crippen LogP contribution in [0.5, 0.6) is 0 Å². The van der Waals surface area contributed by atoms with Crippen LogP contribution in [0.1, 0.15) is 0 Å². The summed E-state index contributed by atoms with van der Waals surface area (Å²) in [5.74, 6) is 0.940. The van der Waals surface area contributed by atoms with Crippen molar-refractivity contribution in [1.82, 2.24) is 9.55 Å². The molecule has 0 spiro atoms. The van der Waals surface area contributed by atoms with Crippen molar-refractivity contribution >= 4 is 65.7 Å². The van der Waals surface area contributed by atoms with Crippen LogP contribution in [0, 0.1) is 0 Å². The van der Waals surface area contributed by atoms with Crippen LogP contribution in [-0.4, -0.2) is 9.55 Å². The van der Waals surface area contributed by atoms with Crippen molar-refractivity contribution in [1.29, 1.82) is 0 Å². The molecule has 51 heavy (non-hydrogen) atoms. The molecule has 238 valence electrons. The van der Waals surface area contributed by atoms with Crippen molar-refractivity contribution in [2.45, 2.75) is 0 Å². The highest BCUT2D eigenvalue weighted by Gasteiger charge is 2.16. The van der Waals surface area contributed by atoms with Gasteiger partial charge in [-0.05, 0) is 99.8 Å². The van der Waals surface area contributed by atoms with Crippen LogP contribution in [0.25, 0.3) is 105 Å². The van der Waals surface area contributed by atoms with Gasteiger partial charge in [-0.25, -0.2) is 4.98 Å². The molecular formula is C47H28N2O2. The summed E-state index contributed by atoms with van der Waals surface area (Å²) in [4.78, 5) is 5.00. The first-order valence-electron chi connectivity index (χ1n) is 17.2. The van der Waals surface area contributed by atoms with Gasteiger partial charge in [-0.3, -0.25) is 4.57 Å². The molecular weight excluding hydrogens is 625 g/mol. The fourth-order valence-electron chi connectivity index (χ4n) is 7.65. The highest BCUT2D eigenvalue weighted by Crippen LogP contribution is 2.39. The van der Waals surface area contributed by atoms with E-state index in [1.807, 2.05) is 30.3 Å². The summed E-state index contributed by atoms with van der Waals surface area (Å²) in [6.45, 7) is 0. The van der Waals surface area contributed by atoms with E-state index in [0.29, 0.717) is 0 Å². The highest BCUT2D eigenvalue weighted by atomic mass is 16.3. The van der Waals surface area contributed by atoms with Crippen LogP contribution in [0.15, 0.2) is 179 Å². The summed E-state index contributed by atoms with van der Waals surface area (Å²) in [5, 5.41) is 6.73. The Balaban J connectivity index is 0.933. The average molecular weight is 653 g/mol. The predicted octanol–water partition coefficient (Wildman–Crippen LogP) is 13.0. The molecule has 0 aliphatic heterocycles. The summed E-state index contributed by atoms with van der Waals surface area (Å²) < 4.78 is 14.8. The van der Waals surface area contributed by atoms with Gasteiger partial charge in [0.05, 0.1) is 11.0 Å². The number of benzene rings is 8. The number of rotatable bonds is 4. The topological polar surface area (TPSA) is 44.1 Å². The fraction of sp³-hybridized carbons (Fsp3) is 0. The second-order valence-corrected chi connectivity index (χ2v) is 13.2. The average Bonchev–Trinajstić information content (AvgIpc) is 3.88.